The summed E-state index contributed by atoms with van der Waals surface area (Å²) in [7, 11) is 0. The first kappa shape index (κ1) is 16.0. The lowest BCUT2D eigenvalue weighted by Gasteiger charge is -2.22. The molecule has 0 aliphatic rings. The maximum Gasteiger partial charge on any atom is -0.00186 e. The fourth-order valence-corrected chi connectivity index (χ4v) is 2.03. The van der Waals surface area contributed by atoms with Crippen molar-refractivity contribution in [3.8, 4) is 0 Å². The molecule has 0 aromatic rings. The van der Waals surface area contributed by atoms with Gasteiger partial charge in [-0.2, -0.15) is 0 Å². The van der Waals surface area contributed by atoms with Crippen molar-refractivity contribution in [2.24, 2.45) is 5.92 Å². The highest BCUT2D eigenvalue weighted by Gasteiger charge is 2.04. The standard InChI is InChI=1S/C15H33N/c1-5-7-9-13-16(12-8-6-2)14-10-11-15(3)4/h15H,5-14H2,1-4H3. The van der Waals surface area contributed by atoms with Crippen LogP contribution in [-0.2, 0) is 0 Å². The van der Waals surface area contributed by atoms with E-state index in [9.17, 15) is 0 Å². The largest absolute Gasteiger partial charge is 0.303 e. The molecule has 1 nitrogen and oxygen atoms in total. The van der Waals surface area contributed by atoms with E-state index in [4.69, 9.17) is 0 Å². The average molecular weight is 227 g/mol. The lowest BCUT2D eigenvalue weighted by Crippen LogP contribution is -2.27. The van der Waals surface area contributed by atoms with E-state index >= 15 is 0 Å². The van der Waals surface area contributed by atoms with Crippen LogP contribution in [0.25, 0.3) is 0 Å². The number of hydrogen-bond acceptors (Lipinski definition) is 1. The van der Waals surface area contributed by atoms with Gasteiger partial charge in [0.2, 0.25) is 0 Å². The molecule has 0 N–H and O–H groups in total. The Morgan fingerprint density at radius 2 is 1.31 bits per heavy atom. The van der Waals surface area contributed by atoms with Gasteiger partial charge in [-0.05, 0) is 51.2 Å². The number of unbranched alkanes of at least 4 members (excludes halogenated alkanes) is 3. The maximum absolute atomic E-state index is 2.68. The second-order valence-electron chi connectivity index (χ2n) is 5.44. The fraction of sp³-hybridized carbons (Fsp3) is 1.00. The van der Waals surface area contributed by atoms with Crippen molar-refractivity contribution in [2.45, 2.75) is 72.6 Å². The third-order valence-electron chi connectivity index (χ3n) is 3.16. The van der Waals surface area contributed by atoms with Crippen molar-refractivity contribution in [2.75, 3.05) is 19.6 Å². The molecule has 0 saturated heterocycles. The molecule has 0 amide bonds. The van der Waals surface area contributed by atoms with Gasteiger partial charge in [0.05, 0.1) is 0 Å². The molecule has 0 heterocycles. The van der Waals surface area contributed by atoms with Gasteiger partial charge in [-0.3, -0.25) is 0 Å². The molecule has 0 fully saturated rings. The van der Waals surface area contributed by atoms with E-state index in [0.29, 0.717) is 0 Å². The summed E-state index contributed by atoms with van der Waals surface area (Å²) in [5, 5.41) is 0. The molecule has 0 aliphatic heterocycles. The van der Waals surface area contributed by atoms with Crippen LogP contribution >= 0.6 is 0 Å². The molecule has 0 saturated carbocycles. The average Bonchev–Trinajstić information content (AvgIpc) is 2.25. The minimum Gasteiger partial charge on any atom is -0.303 e. The van der Waals surface area contributed by atoms with Crippen LogP contribution in [-0.4, -0.2) is 24.5 Å². The van der Waals surface area contributed by atoms with Gasteiger partial charge in [-0.1, -0.05) is 47.0 Å². The topological polar surface area (TPSA) is 3.24 Å². The summed E-state index contributed by atoms with van der Waals surface area (Å²) in [5.74, 6) is 0.865. The van der Waals surface area contributed by atoms with Crippen molar-refractivity contribution in [1.29, 1.82) is 0 Å². The zero-order chi connectivity index (χ0) is 12.2. The van der Waals surface area contributed by atoms with Gasteiger partial charge in [0.1, 0.15) is 0 Å². The molecule has 0 bridgehead atoms. The Morgan fingerprint density at radius 1 is 0.750 bits per heavy atom. The summed E-state index contributed by atoms with van der Waals surface area (Å²) in [6, 6.07) is 0. The lowest BCUT2D eigenvalue weighted by molar-refractivity contribution is 0.254. The van der Waals surface area contributed by atoms with E-state index in [2.05, 4.69) is 32.6 Å². The van der Waals surface area contributed by atoms with Gasteiger partial charge in [0, 0.05) is 0 Å². The highest BCUT2D eigenvalue weighted by molar-refractivity contribution is 4.59. The van der Waals surface area contributed by atoms with E-state index < -0.39 is 0 Å². The Kier molecular flexibility index (Phi) is 11.4. The number of rotatable bonds is 11. The Hall–Kier alpha value is -0.0400. The summed E-state index contributed by atoms with van der Waals surface area (Å²) >= 11 is 0. The van der Waals surface area contributed by atoms with Crippen LogP contribution in [0, 0.1) is 5.92 Å². The van der Waals surface area contributed by atoms with Gasteiger partial charge >= 0.3 is 0 Å². The van der Waals surface area contributed by atoms with Gasteiger partial charge in [-0.15, -0.1) is 0 Å². The van der Waals surface area contributed by atoms with Crippen molar-refractivity contribution >= 4 is 0 Å². The molecule has 1 heteroatoms. The number of nitrogens with zero attached hydrogens (tertiary/aromatic N) is 1. The van der Waals surface area contributed by atoms with E-state index in [1.54, 1.807) is 0 Å². The Morgan fingerprint density at radius 3 is 1.88 bits per heavy atom. The predicted molar refractivity (Wildman–Crippen MR) is 74.9 cm³/mol. The Balaban J connectivity index is 3.62. The summed E-state index contributed by atoms with van der Waals surface area (Å²) < 4.78 is 0. The van der Waals surface area contributed by atoms with Crippen molar-refractivity contribution < 1.29 is 0 Å². The Bertz CT molecular complexity index is 131. The summed E-state index contributed by atoms with van der Waals surface area (Å²) in [6.07, 6.45) is 9.59. The molecule has 0 atom stereocenters. The smallest absolute Gasteiger partial charge is 0.00186 e. The first-order valence-electron chi connectivity index (χ1n) is 7.43. The molecule has 0 radical (unpaired) electrons. The SMILES string of the molecule is CCCCCN(CCCC)CCCC(C)C. The second kappa shape index (κ2) is 11.4. The third kappa shape index (κ3) is 10.5. The van der Waals surface area contributed by atoms with Crippen molar-refractivity contribution in [3.63, 3.8) is 0 Å². The maximum atomic E-state index is 2.68. The minimum atomic E-state index is 0.865. The van der Waals surface area contributed by atoms with Gasteiger partial charge in [0.25, 0.3) is 0 Å². The minimum absolute atomic E-state index is 0.865. The first-order chi connectivity index (χ1) is 7.70. The van der Waals surface area contributed by atoms with Crippen molar-refractivity contribution in [3.05, 3.63) is 0 Å². The van der Waals surface area contributed by atoms with Gasteiger partial charge in [0.15, 0.2) is 0 Å². The summed E-state index contributed by atoms with van der Waals surface area (Å²) in [5.41, 5.74) is 0. The van der Waals surface area contributed by atoms with E-state index in [1.165, 1.54) is 64.6 Å². The molecule has 0 aromatic carbocycles. The van der Waals surface area contributed by atoms with Crippen LogP contribution in [0.4, 0.5) is 0 Å². The summed E-state index contributed by atoms with van der Waals surface area (Å²) in [4.78, 5) is 2.68. The molecule has 16 heavy (non-hydrogen) atoms. The van der Waals surface area contributed by atoms with Crippen molar-refractivity contribution in [1.82, 2.24) is 4.90 Å². The molecule has 0 spiro atoms. The number of hydrogen-bond donors (Lipinski definition) is 0. The van der Waals surface area contributed by atoms with Crippen LogP contribution in [0.1, 0.15) is 72.6 Å². The molecule has 98 valence electrons. The fourth-order valence-electron chi connectivity index (χ4n) is 2.03. The molecular weight excluding hydrogens is 194 g/mol. The van der Waals surface area contributed by atoms with Crippen LogP contribution in [0.5, 0.6) is 0 Å². The molecule has 0 aliphatic carbocycles. The highest BCUT2D eigenvalue weighted by atomic mass is 15.1. The van der Waals surface area contributed by atoms with Crippen LogP contribution in [0.2, 0.25) is 0 Å². The van der Waals surface area contributed by atoms with Crippen LogP contribution < -0.4 is 0 Å². The molecule has 0 rings (SSSR count). The highest BCUT2D eigenvalue weighted by Crippen LogP contribution is 2.07. The molecule has 0 unspecified atom stereocenters. The lowest BCUT2D eigenvalue weighted by atomic mass is 10.1. The first-order valence-corrected chi connectivity index (χ1v) is 7.43. The van der Waals surface area contributed by atoms with E-state index in [0.717, 1.165) is 5.92 Å². The van der Waals surface area contributed by atoms with Crippen LogP contribution in [0.3, 0.4) is 0 Å². The second-order valence-corrected chi connectivity index (χ2v) is 5.44. The predicted octanol–water partition coefficient (Wildman–Crippen LogP) is 4.71. The Labute approximate surface area is 104 Å². The van der Waals surface area contributed by atoms with E-state index in [-0.39, 0.29) is 0 Å². The van der Waals surface area contributed by atoms with Crippen LogP contribution in [0.15, 0.2) is 0 Å². The quantitative estimate of drug-likeness (QED) is 0.462. The molecular formula is C15H33N. The van der Waals surface area contributed by atoms with Gasteiger partial charge < -0.3 is 4.90 Å². The zero-order valence-electron chi connectivity index (χ0n) is 12.1. The zero-order valence-corrected chi connectivity index (χ0v) is 12.1. The summed E-state index contributed by atoms with van der Waals surface area (Å²) in [6.45, 7) is 13.2. The van der Waals surface area contributed by atoms with Gasteiger partial charge in [-0.25, -0.2) is 0 Å². The molecule has 0 aromatic heterocycles. The van der Waals surface area contributed by atoms with E-state index in [1.807, 2.05) is 0 Å². The monoisotopic (exact) mass is 227 g/mol. The third-order valence-corrected chi connectivity index (χ3v) is 3.16. The normalized spacial score (nSPS) is 11.6.